The van der Waals surface area contributed by atoms with E-state index in [-0.39, 0.29) is 0 Å². The quantitative estimate of drug-likeness (QED) is 0.0334. The molecule has 0 nitrogen and oxygen atoms in total. The SMILES string of the molecule is CCCCCCCCCCCCc1ccc2c(c1)C(c1ccc(Br)cc1)(c1cccc(C3(c4ccc(Br)cc4)c4cc(CCCCCCCCCCCC)ccc4-c4ccc(CCCCCCCCCCCC)cc43)c1)c1cc(CCCCCCCCCCCC)ccc1-2. The Morgan fingerprint density at radius 2 is 0.426 bits per heavy atom. The van der Waals surface area contributed by atoms with Crippen LogP contribution in [0.5, 0.6) is 0 Å². The molecule has 2 aliphatic carbocycles. The number of hydrogen-bond acceptors (Lipinski definition) is 0. The summed E-state index contributed by atoms with van der Waals surface area (Å²) in [6.45, 7) is 9.30. The van der Waals surface area contributed by atoms with Gasteiger partial charge in [0.15, 0.2) is 0 Å². The van der Waals surface area contributed by atoms with Crippen molar-refractivity contribution in [3.63, 3.8) is 0 Å². The fourth-order valence-electron chi connectivity index (χ4n) is 16.7. The van der Waals surface area contributed by atoms with Gasteiger partial charge in [-0.05, 0) is 165 Å². The van der Waals surface area contributed by atoms with Crippen LogP contribution in [0.4, 0.5) is 0 Å². The molecule has 0 N–H and O–H groups in total. The summed E-state index contributed by atoms with van der Waals surface area (Å²) in [5, 5.41) is 0. The van der Waals surface area contributed by atoms with E-state index in [0.717, 1.165) is 34.6 Å². The molecular formula is C92H124Br2. The van der Waals surface area contributed by atoms with Crippen molar-refractivity contribution < 1.29 is 0 Å². The standard InChI is InChI=1S/C92H124Br2/c1-5-9-13-17-21-25-29-33-37-41-46-73-52-64-83-84-65-53-74(47-42-38-34-30-26-22-18-14-10-6-2)69-88(84)91(87(83)68-73,77-56-60-81(93)61-57-77)79-50-45-51-80(72-79)92(78-58-62-82(94)63-59-78)89-70-75(48-43-39-35-31-27-23-19-15-11-7-3)54-66-85(89)86-67-55-76(71-90(86)92)49-44-40-36-32-28-24-20-16-12-8-4/h45,50-72H,5-44,46-49H2,1-4H3. The first kappa shape index (κ1) is 73.7. The van der Waals surface area contributed by atoms with E-state index in [2.05, 4.69) is 205 Å². The Kier molecular flexibility index (Phi) is 31.7. The predicted octanol–water partition coefficient (Wildman–Crippen LogP) is 29.8. The van der Waals surface area contributed by atoms with E-state index >= 15 is 0 Å². The summed E-state index contributed by atoms with van der Waals surface area (Å²) >= 11 is 7.91. The molecule has 0 spiro atoms. The van der Waals surface area contributed by atoms with Gasteiger partial charge in [-0.15, -0.1) is 0 Å². The average Bonchev–Trinajstić information content (AvgIpc) is 1.52. The summed E-state index contributed by atoms with van der Waals surface area (Å²) in [5.41, 5.74) is 21.6. The highest BCUT2D eigenvalue weighted by Crippen LogP contribution is 2.60. The second-order valence-electron chi connectivity index (χ2n) is 29.3. The lowest BCUT2D eigenvalue weighted by atomic mass is 9.63. The lowest BCUT2D eigenvalue weighted by molar-refractivity contribution is 0.556. The molecule has 0 aliphatic heterocycles. The van der Waals surface area contributed by atoms with E-state index in [1.54, 1.807) is 0 Å². The minimum atomic E-state index is -0.553. The van der Waals surface area contributed by atoms with Crippen LogP contribution in [0.2, 0.25) is 0 Å². The fourth-order valence-corrected chi connectivity index (χ4v) is 17.2. The highest BCUT2D eigenvalue weighted by molar-refractivity contribution is 9.10. The van der Waals surface area contributed by atoms with Crippen molar-refractivity contribution >= 4 is 31.9 Å². The minimum Gasteiger partial charge on any atom is -0.0654 e. The molecule has 0 radical (unpaired) electrons. The molecule has 0 unspecified atom stereocenters. The van der Waals surface area contributed by atoms with Crippen LogP contribution in [0.3, 0.4) is 0 Å². The van der Waals surface area contributed by atoms with Crippen molar-refractivity contribution in [2.75, 3.05) is 0 Å². The summed E-state index contributed by atoms with van der Waals surface area (Å²) in [6.07, 6.45) is 58.7. The van der Waals surface area contributed by atoms with Gasteiger partial charge in [-0.3, -0.25) is 0 Å². The molecule has 0 fully saturated rings. The summed E-state index contributed by atoms with van der Waals surface area (Å²) in [5.74, 6) is 0. The maximum Gasteiger partial charge on any atom is 0.0713 e. The molecule has 0 heterocycles. The third-order valence-electron chi connectivity index (χ3n) is 22.1. The first-order valence-corrected chi connectivity index (χ1v) is 41.1. The summed E-state index contributed by atoms with van der Waals surface area (Å²) in [7, 11) is 0. The number of halogens is 2. The molecule has 0 atom stereocenters. The third-order valence-corrected chi connectivity index (χ3v) is 23.1. The monoisotopic (exact) mass is 1390 g/mol. The van der Waals surface area contributed by atoms with Crippen LogP contribution in [0.1, 0.15) is 351 Å². The summed E-state index contributed by atoms with van der Waals surface area (Å²) < 4.78 is 2.25. The Morgan fingerprint density at radius 1 is 0.213 bits per heavy atom. The zero-order valence-electron chi connectivity index (χ0n) is 59.7. The molecule has 7 aromatic rings. The molecule has 2 aliphatic rings. The Hall–Kier alpha value is -4.50. The minimum absolute atomic E-state index is 0.553. The van der Waals surface area contributed by atoms with Gasteiger partial charge < -0.3 is 0 Å². The van der Waals surface area contributed by atoms with Crippen molar-refractivity contribution in [1.82, 2.24) is 0 Å². The van der Waals surface area contributed by atoms with E-state index in [0.29, 0.717) is 0 Å². The first-order chi connectivity index (χ1) is 46.4. The maximum absolute atomic E-state index is 3.96. The molecule has 94 heavy (non-hydrogen) atoms. The Balaban J connectivity index is 1.13. The Morgan fingerprint density at radius 3 is 0.649 bits per heavy atom. The number of hydrogen-bond donors (Lipinski definition) is 0. The Bertz CT molecular complexity index is 2920. The highest BCUT2D eigenvalue weighted by Gasteiger charge is 2.50. The molecule has 0 amide bonds. The van der Waals surface area contributed by atoms with Gasteiger partial charge in [0.1, 0.15) is 0 Å². The van der Waals surface area contributed by atoms with Crippen LogP contribution in [0, 0.1) is 0 Å². The number of benzene rings is 7. The lowest BCUT2D eigenvalue weighted by Gasteiger charge is -2.38. The molecule has 0 saturated carbocycles. The van der Waals surface area contributed by atoms with Gasteiger partial charge in [-0.2, -0.15) is 0 Å². The zero-order chi connectivity index (χ0) is 65.5. The molecule has 0 saturated heterocycles. The van der Waals surface area contributed by atoms with E-state index in [1.807, 2.05) is 0 Å². The number of aryl methyl sites for hydroxylation is 4. The lowest BCUT2D eigenvalue weighted by Crippen LogP contribution is -2.32. The fraction of sp³-hybridized carbons (Fsp3) is 0.543. The van der Waals surface area contributed by atoms with Crippen LogP contribution >= 0.6 is 31.9 Å². The molecular weight excluding hydrogens is 1260 g/mol. The topological polar surface area (TPSA) is 0 Å². The number of unbranched alkanes of at least 4 members (excludes halogenated alkanes) is 36. The average molecular weight is 1390 g/mol. The van der Waals surface area contributed by atoms with Gasteiger partial charge in [-0.1, -0.05) is 412 Å². The summed E-state index contributed by atoms with van der Waals surface area (Å²) in [6, 6.07) is 60.2. The zero-order valence-corrected chi connectivity index (χ0v) is 62.9. The third kappa shape index (κ3) is 19.9. The van der Waals surface area contributed by atoms with Crippen molar-refractivity contribution in [3.8, 4) is 22.3 Å². The molecule has 506 valence electrons. The highest BCUT2D eigenvalue weighted by atomic mass is 79.9. The van der Waals surface area contributed by atoms with Crippen LogP contribution < -0.4 is 0 Å². The number of rotatable bonds is 48. The number of fused-ring (bicyclic) bond motifs is 6. The molecule has 9 rings (SSSR count). The van der Waals surface area contributed by atoms with Gasteiger partial charge in [-0.25, -0.2) is 0 Å². The second kappa shape index (κ2) is 40.4. The van der Waals surface area contributed by atoms with Crippen LogP contribution in [-0.4, -0.2) is 0 Å². The van der Waals surface area contributed by atoms with Crippen molar-refractivity contribution in [2.24, 2.45) is 0 Å². The second-order valence-corrected chi connectivity index (χ2v) is 31.2. The van der Waals surface area contributed by atoms with Crippen LogP contribution in [-0.2, 0) is 36.5 Å². The van der Waals surface area contributed by atoms with Gasteiger partial charge in [0.25, 0.3) is 0 Å². The van der Waals surface area contributed by atoms with Crippen molar-refractivity contribution in [3.05, 3.63) is 221 Å². The Labute approximate surface area is 592 Å². The van der Waals surface area contributed by atoms with E-state index in [1.165, 1.54) is 346 Å². The maximum atomic E-state index is 3.96. The van der Waals surface area contributed by atoms with E-state index in [4.69, 9.17) is 0 Å². The van der Waals surface area contributed by atoms with Gasteiger partial charge in [0, 0.05) is 8.95 Å². The van der Waals surface area contributed by atoms with Crippen molar-refractivity contribution in [1.29, 1.82) is 0 Å². The van der Waals surface area contributed by atoms with Crippen molar-refractivity contribution in [2.45, 2.75) is 321 Å². The van der Waals surface area contributed by atoms with Gasteiger partial charge in [0.2, 0.25) is 0 Å². The summed E-state index contributed by atoms with van der Waals surface area (Å²) in [4.78, 5) is 0. The van der Waals surface area contributed by atoms with Gasteiger partial charge in [0.05, 0.1) is 10.8 Å². The molecule has 0 aromatic heterocycles. The first-order valence-electron chi connectivity index (χ1n) is 39.5. The van der Waals surface area contributed by atoms with Crippen LogP contribution in [0.15, 0.2) is 155 Å². The predicted molar refractivity (Wildman–Crippen MR) is 419 cm³/mol. The van der Waals surface area contributed by atoms with E-state index in [9.17, 15) is 0 Å². The van der Waals surface area contributed by atoms with Crippen LogP contribution in [0.25, 0.3) is 22.3 Å². The normalized spacial score (nSPS) is 13.3. The van der Waals surface area contributed by atoms with E-state index < -0.39 is 10.8 Å². The molecule has 7 aromatic carbocycles. The largest absolute Gasteiger partial charge is 0.0713 e. The molecule has 2 heteroatoms. The van der Waals surface area contributed by atoms with Gasteiger partial charge >= 0.3 is 0 Å². The smallest absolute Gasteiger partial charge is 0.0654 e. The molecule has 0 bridgehead atoms.